The molecule has 182 valence electrons. The van der Waals surface area contributed by atoms with E-state index in [1.807, 2.05) is 0 Å². The molecular formula is C24H26O10. The predicted octanol–water partition coefficient (Wildman–Crippen LogP) is 1.99. The van der Waals surface area contributed by atoms with Crippen molar-refractivity contribution in [3.05, 3.63) is 46.5 Å². The summed E-state index contributed by atoms with van der Waals surface area (Å²) in [6, 6.07) is 0. The van der Waals surface area contributed by atoms with Gasteiger partial charge in [0.2, 0.25) is 5.78 Å². The second-order valence-corrected chi connectivity index (χ2v) is 8.41. The number of rotatable bonds is 6. The lowest BCUT2D eigenvalue weighted by atomic mass is 9.90. The number of ether oxygens (including phenoxy) is 5. The number of esters is 4. The van der Waals surface area contributed by atoms with Crippen LogP contribution in [0.4, 0.5) is 0 Å². The fraction of sp³-hybridized carbons (Fsp3) is 0.458. The van der Waals surface area contributed by atoms with Crippen molar-refractivity contribution in [2.45, 2.75) is 52.7 Å². The minimum absolute atomic E-state index is 0.00565. The minimum Gasteiger partial charge on any atom is -0.479 e. The van der Waals surface area contributed by atoms with Crippen LogP contribution in [0.5, 0.6) is 0 Å². The molecule has 0 saturated carbocycles. The van der Waals surface area contributed by atoms with Crippen molar-refractivity contribution in [2.75, 3.05) is 13.2 Å². The SMILES string of the molecule is CC(=O)OCC=C(C)C(=O)OC1CC(C)C2=CC(=O)C(C)(C=C3OC(=O)C(COC(C)=O)=C31)O2. The maximum Gasteiger partial charge on any atom is 0.343 e. The Hall–Kier alpha value is -3.69. The summed E-state index contributed by atoms with van der Waals surface area (Å²) in [7, 11) is 0. The summed E-state index contributed by atoms with van der Waals surface area (Å²) < 4.78 is 26.9. The molecule has 0 amide bonds. The molecule has 0 N–H and O–H groups in total. The van der Waals surface area contributed by atoms with Gasteiger partial charge in [0.15, 0.2) is 5.60 Å². The number of hydrogen-bond acceptors (Lipinski definition) is 10. The van der Waals surface area contributed by atoms with Crippen molar-refractivity contribution < 1.29 is 47.7 Å². The Balaban J connectivity index is 2.02. The van der Waals surface area contributed by atoms with Crippen LogP contribution in [-0.4, -0.2) is 54.6 Å². The van der Waals surface area contributed by atoms with Crippen molar-refractivity contribution in [3.8, 4) is 0 Å². The van der Waals surface area contributed by atoms with Crippen LogP contribution in [0, 0.1) is 5.92 Å². The van der Waals surface area contributed by atoms with Gasteiger partial charge in [0, 0.05) is 43.1 Å². The molecule has 0 aromatic carbocycles. The van der Waals surface area contributed by atoms with Crippen LogP contribution < -0.4 is 0 Å². The van der Waals surface area contributed by atoms with E-state index in [1.54, 1.807) is 13.8 Å². The number of carbonyl (C=O) groups excluding carboxylic acids is 5. The number of carbonyl (C=O) groups is 5. The fourth-order valence-electron chi connectivity index (χ4n) is 3.69. The van der Waals surface area contributed by atoms with Crippen molar-refractivity contribution in [2.24, 2.45) is 5.92 Å². The van der Waals surface area contributed by atoms with Crippen LogP contribution in [0.3, 0.4) is 0 Å². The Labute approximate surface area is 196 Å². The topological polar surface area (TPSA) is 132 Å². The van der Waals surface area contributed by atoms with Crippen molar-refractivity contribution >= 4 is 29.7 Å². The van der Waals surface area contributed by atoms with Gasteiger partial charge in [-0.25, -0.2) is 9.59 Å². The summed E-state index contributed by atoms with van der Waals surface area (Å²) in [4.78, 5) is 60.4. The molecule has 0 aromatic heterocycles. The Bertz CT molecular complexity index is 1070. The van der Waals surface area contributed by atoms with E-state index in [9.17, 15) is 24.0 Å². The summed E-state index contributed by atoms with van der Waals surface area (Å²) in [6.07, 6.45) is 3.33. The van der Waals surface area contributed by atoms with E-state index in [-0.39, 0.29) is 47.2 Å². The summed E-state index contributed by atoms with van der Waals surface area (Å²) in [5.41, 5.74) is -0.994. The number of fused-ring (bicyclic) bond motifs is 3. The first kappa shape index (κ1) is 24.9. The highest BCUT2D eigenvalue weighted by atomic mass is 16.6. The molecule has 2 bridgehead atoms. The highest BCUT2D eigenvalue weighted by molar-refractivity contribution is 6.02. The first-order chi connectivity index (χ1) is 15.9. The predicted molar refractivity (Wildman–Crippen MR) is 114 cm³/mol. The third-order valence-corrected chi connectivity index (χ3v) is 5.58. The second-order valence-electron chi connectivity index (χ2n) is 8.41. The summed E-state index contributed by atoms with van der Waals surface area (Å²) in [5.74, 6) is -2.84. The van der Waals surface area contributed by atoms with Gasteiger partial charge in [-0.15, -0.1) is 0 Å². The Morgan fingerprint density at radius 2 is 1.82 bits per heavy atom. The van der Waals surface area contributed by atoms with Crippen LogP contribution >= 0.6 is 0 Å². The first-order valence-corrected chi connectivity index (χ1v) is 10.7. The lowest BCUT2D eigenvalue weighted by molar-refractivity contribution is -0.144. The highest BCUT2D eigenvalue weighted by Crippen LogP contribution is 2.42. The van der Waals surface area contributed by atoms with Gasteiger partial charge in [-0.2, -0.15) is 0 Å². The molecule has 3 heterocycles. The second kappa shape index (κ2) is 9.66. The third kappa shape index (κ3) is 5.27. The van der Waals surface area contributed by atoms with E-state index in [4.69, 9.17) is 23.7 Å². The number of hydrogen-bond donors (Lipinski definition) is 0. The van der Waals surface area contributed by atoms with E-state index in [2.05, 4.69) is 0 Å². The molecule has 3 aliphatic heterocycles. The summed E-state index contributed by atoms with van der Waals surface area (Å²) >= 11 is 0. The monoisotopic (exact) mass is 474 g/mol. The molecular weight excluding hydrogens is 448 g/mol. The van der Waals surface area contributed by atoms with E-state index >= 15 is 0 Å². The molecule has 0 fully saturated rings. The third-order valence-electron chi connectivity index (χ3n) is 5.58. The largest absolute Gasteiger partial charge is 0.479 e. The van der Waals surface area contributed by atoms with E-state index in [0.717, 1.165) is 0 Å². The van der Waals surface area contributed by atoms with Gasteiger partial charge in [-0.05, 0) is 26.3 Å². The van der Waals surface area contributed by atoms with Gasteiger partial charge in [0.05, 0.1) is 5.57 Å². The smallest absolute Gasteiger partial charge is 0.343 e. The van der Waals surface area contributed by atoms with Gasteiger partial charge >= 0.3 is 23.9 Å². The zero-order valence-electron chi connectivity index (χ0n) is 19.6. The number of ketones is 1. The molecule has 34 heavy (non-hydrogen) atoms. The van der Waals surface area contributed by atoms with Crippen LogP contribution in [0.2, 0.25) is 0 Å². The maximum absolute atomic E-state index is 12.8. The van der Waals surface area contributed by atoms with E-state index in [0.29, 0.717) is 5.76 Å². The molecule has 0 aliphatic carbocycles. The van der Waals surface area contributed by atoms with Crippen molar-refractivity contribution in [3.63, 3.8) is 0 Å². The molecule has 0 radical (unpaired) electrons. The molecule has 3 aliphatic rings. The lowest BCUT2D eigenvalue weighted by Crippen LogP contribution is -2.31. The quantitative estimate of drug-likeness (QED) is 0.320. The Kier molecular flexibility index (Phi) is 7.09. The zero-order chi connectivity index (χ0) is 25.2. The summed E-state index contributed by atoms with van der Waals surface area (Å²) in [5, 5.41) is 0. The normalized spacial score (nSPS) is 26.2. The van der Waals surface area contributed by atoms with Gasteiger partial charge in [0.1, 0.15) is 30.8 Å². The maximum atomic E-state index is 12.8. The first-order valence-electron chi connectivity index (χ1n) is 10.7. The van der Waals surface area contributed by atoms with Crippen molar-refractivity contribution in [1.29, 1.82) is 0 Å². The summed E-state index contributed by atoms with van der Waals surface area (Å²) in [6.45, 7) is 6.79. The lowest BCUT2D eigenvalue weighted by Gasteiger charge is -2.23. The standard InChI is InChI=1S/C24H26O10/c1-12(6-7-30-14(3)25)22(28)32-18-8-13(2)17-9-20(27)24(5,34-17)10-19-21(18)16(23(29)33-19)11-31-15(4)26/h6,9-10,13,18H,7-8,11H2,1-5H3. The highest BCUT2D eigenvalue weighted by Gasteiger charge is 2.47. The minimum atomic E-state index is -1.40. The fourth-order valence-corrected chi connectivity index (χ4v) is 3.69. The zero-order valence-corrected chi connectivity index (χ0v) is 19.6. The number of allylic oxidation sites excluding steroid dienone is 1. The molecule has 10 heteroatoms. The van der Waals surface area contributed by atoms with E-state index < -0.39 is 42.2 Å². The Morgan fingerprint density at radius 1 is 1.15 bits per heavy atom. The van der Waals surface area contributed by atoms with Gasteiger partial charge in [0.25, 0.3) is 0 Å². The molecule has 0 saturated heterocycles. The molecule has 0 aromatic rings. The molecule has 10 nitrogen and oxygen atoms in total. The average Bonchev–Trinajstić information content (AvgIpc) is 3.21. The van der Waals surface area contributed by atoms with Crippen LogP contribution in [0.25, 0.3) is 0 Å². The Morgan fingerprint density at radius 3 is 2.47 bits per heavy atom. The molecule has 0 spiro atoms. The molecule has 3 atom stereocenters. The van der Waals surface area contributed by atoms with Gasteiger partial charge in [-0.1, -0.05) is 6.92 Å². The van der Waals surface area contributed by atoms with E-state index in [1.165, 1.54) is 39.0 Å². The van der Waals surface area contributed by atoms with Gasteiger partial charge < -0.3 is 23.7 Å². The van der Waals surface area contributed by atoms with Crippen molar-refractivity contribution in [1.82, 2.24) is 0 Å². The van der Waals surface area contributed by atoms with Gasteiger partial charge in [-0.3, -0.25) is 14.4 Å². The van der Waals surface area contributed by atoms with Crippen LogP contribution in [0.15, 0.2) is 46.5 Å². The van der Waals surface area contributed by atoms with Crippen LogP contribution in [0.1, 0.15) is 41.0 Å². The molecule has 3 rings (SSSR count). The van der Waals surface area contributed by atoms with Crippen LogP contribution in [-0.2, 0) is 47.7 Å². The average molecular weight is 474 g/mol. The molecule has 3 unspecified atom stereocenters.